The smallest absolute Gasteiger partial charge is 0.315 e. The van der Waals surface area contributed by atoms with Crippen molar-refractivity contribution in [1.82, 2.24) is 26.2 Å². The zero-order valence-electron chi connectivity index (χ0n) is 27.8. The van der Waals surface area contributed by atoms with E-state index >= 15 is 0 Å². The van der Waals surface area contributed by atoms with Crippen molar-refractivity contribution in [2.75, 3.05) is 13.1 Å². The highest BCUT2D eigenvalue weighted by Gasteiger charge is 2.52. The zero-order valence-corrected chi connectivity index (χ0v) is 27.8. The van der Waals surface area contributed by atoms with E-state index in [1.807, 2.05) is 6.92 Å². The summed E-state index contributed by atoms with van der Waals surface area (Å²) >= 11 is 0. The molecule has 10 nitrogen and oxygen atoms in total. The minimum absolute atomic E-state index is 0.0342. The predicted molar refractivity (Wildman–Crippen MR) is 174 cm³/mol. The molecule has 3 atom stereocenters. The van der Waals surface area contributed by atoms with Crippen LogP contribution in [0.5, 0.6) is 0 Å². The molecule has 4 N–H and O–H groups in total. The summed E-state index contributed by atoms with van der Waals surface area (Å²) in [5.41, 5.74) is -0.156. The molecule has 1 aliphatic heterocycles. The number of Topliss-reactive ketones (excluding diaryl/α,β-unsaturated/α-hetero) is 1. The van der Waals surface area contributed by atoms with Gasteiger partial charge in [-0.1, -0.05) is 52.5 Å². The molecule has 6 aliphatic rings. The van der Waals surface area contributed by atoms with Gasteiger partial charge in [-0.25, -0.2) is 4.79 Å². The maximum absolute atomic E-state index is 14.1. The van der Waals surface area contributed by atoms with Gasteiger partial charge in [0.05, 0.1) is 6.04 Å². The van der Waals surface area contributed by atoms with Crippen molar-refractivity contribution in [3.8, 4) is 0 Å². The van der Waals surface area contributed by atoms with Crippen molar-refractivity contribution in [2.45, 2.75) is 141 Å². The molecule has 0 radical (unpaired) electrons. The average Bonchev–Trinajstić information content (AvgIpc) is 3.70. The van der Waals surface area contributed by atoms with Crippen LogP contribution >= 0.6 is 0 Å². The highest BCUT2D eigenvalue weighted by molar-refractivity contribution is 6.38. The molecule has 6 fully saturated rings. The van der Waals surface area contributed by atoms with E-state index in [0.717, 1.165) is 44.9 Å². The molecular formula is C35H57N5O5. The summed E-state index contributed by atoms with van der Waals surface area (Å²) < 4.78 is 0. The first-order chi connectivity index (χ1) is 21.6. The highest BCUT2D eigenvalue weighted by Crippen LogP contribution is 2.55. The molecule has 10 heteroatoms. The van der Waals surface area contributed by atoms with E-state index < -0.39 is 35.7 Å². The van der Waals surface area contributed by atoms with Crippen LogP contribution in [0.2, 0.25) is 0 Å². The second-order valence-corrected chi connectivity index (χ2v) is 14.4. The van der Waals surface area contributed by atoms with Crippen LogP contribution in [0.1, 0.15) is 117 Å². The predicted octanol–water partition coefficient (Wildman–Crippen LogP) is 4.38. The van der Waals surface area contributed by atoms with Crippen LogP contribution in [0.25, 0.3) is 0 Å². The van der Waals surface area contributed by atoms with Crippen LogP contribution < -0.4 is 21.3 Å². The fourth-order valence-corrected chi connectivity index (χ4v) is 9.07. The number of hydrogen-bond acceptors (Lipinski definition) is 5. The fraction of sp³-hybridized carbons (Fsp3) is 0.800. The minimum atomic E-state index is -0.959. The molecule has 252 valence electrons. The van der Waals surface area contributed by atoms with Crippen molar-refractivity contribution in [3.63, 3.8) is 0 Å². The Labute approximate surface area is 269 Å². The Bertz CT molecular complexity index is 1050. The van der Waals surface area contributed by atoms with Gasteiger partial charge < -0.3 is 26.2 Å². The number of urea groups is 1. The molecule has 1 unspecified atom stereocenters. The molecule has 5 aliphatic carbocycles. The van der Waals surface area contributed by atoms with Gasteiger partial charge in [0.1, 0.15) is 12.1 Å². The Kier molecular flexibility index (Phi) is 12.5. The number of rotatable bonds is 12. The van der Waals surface area contributed by atoms with E-state index in [0.29, 0.717) is 50.0 Å². The summed E-state index contributed by atoms with van der Waals surface area (Å²) in [6, 6.07) is -2.65. The monoisotopic (exact) mass is 627 g/mol. The summed E-state index contributed by atoms with van der Waals surface area (Å²) in [5.74, 6) is 0.0253. The maximum atomic E-state index is 14.1. The fourth-order valence-electron chi connectivity index (χ4n) is 9.07. The van der Waals surface area contributed by atoms with Crippen molar-refractivity contribution in [1.29, 1.82) is 0 Å². The van der Waals surface area contributed by atoms with E-state index in [1.165, 1.54) is 31.8 Å². The Balaban J connectivity index is 0.00000148. The number of amides is 5. The quantitative estimate of drug-likeness (QED) is 0.188. The lowest BCUT2D eigenvalue weighted by atomic mass is 9.53. The molecule has 1 saturated heterocycles. The lowest BCUT2D eigenvalue weighted by Gasteiger charge is -2.56. The SMILES string of the molecule is C=CCNC(=O)C(=O)C(CCC)NC(=O)[C@@H]1CCCN1C(=O)[C@@H](NC(=O)NC12CC3CC(CC(C3)C1)C2)C1CCCC1.CCC. The van der Waals surface area contributed by atoms with Gasteiger partial charge in [-0.15, -0.1) is 6.58 Å². The van der Waals surface area contributed by atoms with E-state index in [2.05, 4.69) is 41.7 Å². The van der Waals surface area contributed by atoms with Gasteiger partial charge >= 0.3 is 6.03 Å². The number of carbonyl (C=O) groups excluding carboxylic acids is 5. The molecule has 1 heterocycles. The van der Waals surface area contributed by atoms with E-state index in [-0.39, 0.29) is 29.9 Å². The van der Waals surface area contributed by atoms with Crippen LogP contribution in [0, 0.1) is 23.7 Å². The molecule has 45 heavy (non-hydrogen) atoms. The number of likely N-dealkylation sites (tertiary alicyclic amines) is 1. The second-order valence-electron chi connectivity index (χ2n) is 14.4. The van der Waals surface area contributed by atoms with Gasteiger partial charge in [0.2, 0.25) is 17.6 Å². The van der Waals surface area contributed by atoms with Crippen LogP contribution in [-0.4, -0.2) is 71.2 Å². The molecule has 0 aromatic heterocycles. The van der Waals surface area contributed by atoms with Crippen LogP contribution in [0.15, 0.2) is 12.7 Å². The molecule has 5 amide bonds. The third kappa shape index (κ3) is 8.67. The topological polar surface area (TPSA) is 137 Å². The Morgan fingerprint density at radius 2 is 1.49 bits per heavy atom. The zero-order chi connectivity index (χ0) is 32.6. The summed E-state index contributed by atoms with van der Waals surface area (Å²) in [6.45, 7) is 10.3. The summed E-state index contributed by atoms with van der Waals surface area (Å²) in [4.78, 5) is 67.7. The third-order valence-electron chi connectivity index (χ3n) is 10.5. The lowest BCUT2D eigenvalue weighted by molar-refractivity contribution is -0.143. The van der Waals surface area contributed by atoms with Crippen molar-refractivity contribution < 1.29 is 24.0 Å². The average molecular weight is 628 g/mol. The second kappa shape index (κ2) is 16.1. The van der Waals surface area contributed by atoms with Gasteiger partial charge in [-0.2, -0.15) is 0 Å². The minimum Gasteiger partial charge on any atom is -0.346 e. The molecule has 4 bridgehead atoms. The first kappa shape index (κ1) is 35.0. The molecular weight excluding hydrogens is 570 g/mol. The van der Waals surface area contributed by atoms with Gasteiger partial charge in [0.15, 0.2) is 0 Å². The Hall–Kier alpha value is -2.91. The number of nitrogens with zero attached hydrogens (tertiary/aromatic N) is 1. The Morgan fingerprint density at radius 3 is 2.04 bits per heavy atom. The lowest BCUT2D eigenvalue weighted by Crippen LogP contribution is -2.64. The standard InChI is InChI=1S/C32H49N5O5.C3H8/c1-3-8-24(27(38)29(40)33-12-4-2)34-28(39)25-11-7-13-37(25)30(41)26(23-9-5-6-10-23)35-31(42)36-32-17-20-14-21(18-32)16-22(15-20)19-32;1-3-2/h4,20-26H,2-3,5-19H2,1H3,(H,33,40)(H,34,39)(H2,35,36,42);3H2,1-2H3/t20?,21?,22?,24?,25-,26-,32?;/m0./s1. The summed E-state index contributed by atoms with van der Waals surface area (Å²) in [6.07, 6.45) is 15.5. The van der Waals surface area contributed by atoms with Gasteiger partial charge in [0.25, 0.3) is 5.91 Å². The maximum Gasteiger partial charge on any atom is 0.315 e. The largest absolute Gasteiger partial charge is 0.346 e. The summed E-state index contributed by atoms with van der Waals surface area (Å²) in [5, 5.41) is 11.7. The van der Waals surface area contributed by atoms with Gasteiger partial charge in [-0.05, 0) is 94.3 Å². The molecule has 5 saturated carbocycles. The van der Waals surface area contributed by atoms with Gasteiger partial charge in [0, 0.05) is 18.6 Å². The Morgan fingerprint density at radius 1 is 0.889 bits per heavy atom. The highest BCUT2D eigenvalue weighted by atomic mass is 16.2. The van der Waals surface area contributed by atoms with E-state index in [1.54, 1.807) is 4.90 Å². The van der Waals surface area contributed by atoms with Crippen molar-refractivity contribution in [2.24, 2.45) is 23.7 Å². The molecule has 0 aromatic carbocycles. The van der Waals surface area contributed by atoms with E-state index in [9.17, 15) is 24.0 Å². The first-order valence-electron chi connectivity index (χ1n) is 17.8. The van der Waals surface area contributed by atoms with E-state index in [4.69, 9.17) is 0 Å². The third-order valence-corrected chi connectivity index (χ3v) is 10.5. The van der Waals surface area contributed by atoms with Crippen LogP contribution in [-0.2, 0) is 19.2 Å². The molecule has 6 rings (SSSR count). The number of ketones is 1. The first-order valence-corrected chi connectivity index (χ1v) is 17.8. The number of hydrogen-bond donors (Lipinski definition) is 4. The number of carbonyl (C=O) groups is 5. The van der Waals surface area contributed by atoms with Crippen molar-refractivity contribution >= 4 is 29.5 Å². The number of nitrogens with one attached hydrogen (secondary N) is 4. The normalized spacial score (nSPS) is 29.6. The van der Waals surface area contributed by atoms with Gasteiger partial charge in [-0.3, -0.25) is 19.2 Å². The molecule has 0 aromatic rings. The van der Waals surface area contributed by atoms with Crippen LogP contribution in [0.4, 0.5) is 4.79 Å². The summed E-state index contributed by atoms with van der Waals surface area (Å²) in [7, 11) is 0. The molecule has 0 spiro atoms. The van der Waals surface area contributed by atoms with Crippen molar-refractivity contribution in [3.05, 3.63) is 12.7 Å². The van der Waals surface area contributed by atoms with Crippen LogP contribution in [0.3, 0.4) is 0 Å².